The molecule has 14 heavy (non-hydrogen) atoms. The average Bonchev–Trinajstić information content (AvgIpc) is 3.01. The van der Waals surface area contributed by atoms with E-state index in [1.807, 2.05) is 4.90 Å². The number of carbonyl (C=O) groups is 1. The van der Waals surface area contributed by atoms with Crippen molar-refractivity contribution in [3.05, 3.63) is 0 Å². The molecule has 0 aromatic rings. The predicted octanol–water partition coefficient (Wildman–Crippen LogP) is 0.956. The molecule has 0 radical (unpaired) electrons. The number of nitrogens with zero attached hydrogens (tertiary/aromatic N) is 1. The fraction of sp³-hybridized carbons (Fsp3) is 0.900. The highest BCUT2D eigenvalue weighted by molar-refractivity contribution is 5.69. The molecule has 1 atom stereocenters. The minimum Gasteiger partial charge on any atom is -0.449 e. The van der Waals surface area contributed by atoms with Crippen LogP contribution in [-0.4, -0.2) is 36.2 Å². The van der Waals surface area contributed by atoms with Gasteiger partial charge in [-0.1, -0.05) is 0 Å². The zero-order chi connectivity index (χ0) is 10.2. The van der Waals surface area contributed by atoms with Gasteiger partial charge in [-0.3, -0.25) is 0 Å². The zero-order valence-electron chi connectivity index (χ0n) is 8.66. The molecule has 1 aliphatic carbocycles. The number of cyclic esters (lactones) is 1. The molecule has 2 aliphatic rings. The third-order valence-corrected chi connectivity index (χ3v) is 3.46. The van der Waals surface area contributed by atoms with Gasteiger partial charge in [0.25, 0.3) is 0 Å². The van der Waals surface area contributed by atoms with Gasteiger partial charge in [0.2, 0.25) is 0 Å². The molecule has 1 saturated carbocycles. The molecular formula is C10H18N2O2. The third kappa shape index (κ3) is 1.47. The van der Waals surface area contributed by atoms with E-state index in [2.05, 4.69) is 6.92 Å². The monoisotopic (exact) mass is 198 g/mol. The van der Waals surface area contributed by atoms with E-state index in [9.17, 15) is 4.79 Å². The Kier molecular flexibility index (Phi) is 2.39. The molecule has 1 unspecified atom stereocenters. The largest absolute Gasteiger partial charge is 0.449 e. The zero-order valence-corrected chi connectivity index (χ0v) is 8.66. The number of nitrogens with two attached hydrogens (primary N) is 1. The van der Waals surface area contributed by atoms with E-state index in [-0.39, 0.29) is 11.6 Å². The van der Waals surface area contributed by atoms with Crippen LogP contribution in [0.4, 0.5) is 4.79 Å². The number of amides is 1. The molecule has 0 aromatic carbocycles. The van der Waals surface area contributed by atoms with Gasteiger partial charge in [0.1, 0.15) is 0 Å². The van der Waals surface area contributed by atoms with Gasteiger partial charge >= 0.3 is 6.09 Å². The Morgan fingerprint density at radius 2 is 2.36 bits per heavy atom. The smallest absolute Gasteiger partial charge is 0.410 e. The van der Waals surface area contributed by atoms with Crippen LogP contribution in [0, 0.1) is 5.92 Å². The van der Waals surface area contributed by atoms with Crippen molar-refractivity contribution < 1.29 is 9.53 Å². The van der Waals surface area contributed by atoms with E-state index in [1.54, 1.807) is 0 Å². The van der Waals surface area contributed by atoms with Crippen LogP contribution in [0.3, 0.4) is 0 Å². The van der Waals surface area contributed by atoms with Gasteiger partial charge in [0.05, 0.1) is 12.1 Å². The van der Waals surface area contributed by atoms with Crippen molar-refractivity contribution in [3.8, 4) is 0 Å². The number of hydrogen-bond acceptors (Lipinski definition) is 3. The van der Waals surface area contributed by atoms with E-state index in [1.165, 1.54) is 12.8 Å². The first kappa shape index (κ1) is 9.77. The van der Waals surface area contributed by atoms with E-state index in [4.69, 9.17) is 10.5 Å². The molecule has 2 rings (SSSR count). The van der Waals surface area contributed by atoms with Gasteiger partial charge in [0.15, 0.2) is 0 Å². The van der Waals surface area contributed by atoms with Crippen molar-refractivity contribution in [2.24, 2.45) is 11.7 Å². The normalized spacial score (nSPS) is 27.0. The number of hydrogen-bond donors (Lipinski definition) is 1. The highest BCUT2D eigenvalue weighted by Gasteiger charge is 2.47. The van der Waals surface area contributed by atoms with Crippen LogP contribution in [0.5, 0.6) is 0 Å². The van der Waals surface area contributed by atoms with Gasteiger partial charge in [0, 0.05) is 13.1 Å². The molecule has 2 N–H and O–H groups in total. The second-order valence-electron chi connectivity index (χ2n) is 4.46. The average molecular weight is 198 g/mol. The van der Waals surface area contributed by atoms with Crippen LogP contribution in [0.15, 0.2) is 0 Å². The lowest BCUT2D eigenvalue weighted by atomic mass is 9.93. The Bertz CT molecular complexity index is 240. The number of ether oxygens (including phenoxy) is 1. The fourth-order valence-corrected chi connectivity index (χ4v) is 2.22. The SMILES string of the molecule is CC(CN)(C1CC1)N1CCCOC1=O. The standard InChI is InChI=1S/C10H18N2O2/c1-10(7-11,8-3-4-8)12-5-2-6-14-9(12)13/h8H,2-7,11H2,1H3. The highest BCUT2D eigenvalue weighted by Crippen LogP contribution is 2.43. The maximum atomic E-state index is 11.6. The summed E-state index contributed by atoms with van der Waals surface area (Å²) < 4.78 is 5.05. The third-order valence-electron chi connectivity index (χ3n) is 3.46. The van der Waals surface area contributed by atoms with Crippen LogP contribution >= 0.6 is 0 Å². The Morgan fingerprint density at radius 3 is 2.86 bits per heavy atom. The molecule has 0 bridgehead atoms. The summed E-state index contributed by atoms with van der Waals surface area (Å²) in [6.45, 7) is 3.97. The Morgan fingerprint density at radius 1 is 1.64 bits per heavy atom. The Hall–Kier alpha value is -0.770. The molecule has 2 fully saturated rings. The quantitative estimate of drug-likeness (QED) is 0.734. The second kappa shape index (κ2) is 3.42. The van der Waals surface area contributed by atoms with Crippen molar-refractivity contribution in [1.29, 1.82) is 0 Å². The van der Waals surface area contributed by atoms with Crippen molar-refractivity contribution in [1.82, 2.24) is 4.90 Å². The lowest BCUT2D eigenvalue weighted by Gasteiger charge is -2.42. The van der Waals surface area contributed by atoms with Gasteiger partial charge in [-0.05, 0) is 32.1 Å². The first-order valence-electron chi connectivity index (χ1n) is 5.33. The first-order chi connectivity index (χ1) is 6.68. The molecule has 0 spiro atoms. The maximum Gasteiger partial charge on any atom is 0.410 e. The van der Waals surface area contributed by atoms with Crippen molar-refractivity contribution in [2.75, 3.05) is 19.7 Å². The van der Waals surface area contributed by atoms with Crippen molar-refractivity contribution in [2.45, 2.75) is 31.7 Å². The second-order valence-corrected chi connectivity index (χ2v) is 4.46. The topological polar surface area (TPSA) is 55.6 Å². The van der Waals surface area contributed by atoms with Gasteiger partial charge in [-0.15, -0.1) is 0 Å². The molecule has 1 saturated heterocycles. The van der Waals surface area contributed by atoms with Crippen LogP contribution < -0.4 is 5.73 Å². The van der Waals surface area contributed by atoms with Gasteiger partial charge < -0.3 is 15.4 Å². The minimum absolute atomic E-state index is 0.169. The van der Waals surface area contributed by atoms with Crippen LogP contribution in [0.1, 0.15) is 26.2 Å². The summed E-state index contributed by atoms with van der Waals surface area (Å²) in [5.74, 6) is 0.582. The minimum atomic E-state index is -0.184. The Balaban J connectivity index is 2.12. The van der Waals surface area contributed by atoms with Gasteiger partial charge in [-0.2, -0.15) is 0 Å². The lowest BCUT2D eigenvalue weighted by molar-refractivity contribution is 0.0199. The maximum absolute atomic E-state index is 11.6. The molecule has 80 valence electrons. The van der Waals surface area contributed by atoms with Crippen LogP contribution in [0.2, 0.25) is 0 Å². The van der Waals surface area contributed by atoms with E-state index in [0.717, 1.165) is 13.0 Å². The number of rotatable bonds is 3. The van der Waals surface area contributed by atoms with E-state index < -0.39 is 0 Å². The van der Waals surface area contributed by atoms with Crippen LogP contribution in [-0.2, 0) is 4.74 Å². The summed E-state index contributed by atoms with van der Waals surface area (Å²) in [5, 5.41) is 0. The van der Waals surface area contributed by atoms with Crippen LogP contribution in [0.25, 0.3) is 0 Å². The number of carbonyl (C=O) groups excluding carboxylic acids is 1. The van der Waals surface area contributed by atoms with Crippen molar-refractivity contribution in [3.63, 3.8) is 0 Å². The Labute approximate surface area is 84.4 Å². The molecule has 4 heteroatoms. The first-order valence-corrected chi connectivity index (χ1v) is 5.33. The summed E-state index contributed by atoms with van der Waals surface area (Å²) in [7, 11) is 0. The van der Waals surface area contributed by atoms with E-state index >= 15 is 0 Å². The highest BCUT2D eigenvalue weighted by atomic mass is 16.6. The molecule has 0 aromatic heterocycles. The molecule has 4 nitrogen and oxygen atoms in total. The van der Waals surface area contributed by atoms with Gasteiger partial charge in [-0.25, -0.2) is 4.79 Å². The van der Waals surface area contributed by atoms with Crippen molar-refractivity contribution >= 4 is 6.09 Å². The summed E-state index contributed by atoms with van der Waals surface area (Å²) in [4.78, 5) is 13.4. The molecular weight excluding hydrogens is 180 g/mol. The summed E-state index contributed by atoms with van der Waals surface area (Å²) >= 11 is 0. The molecule has 1 heterocycles. The lowest BCUT2D eigenvalue weighted by Crippen LogP contribution is -2.58. The summed E-state index contributed by atoms with van der Waals surface area (Å²) in [6, 6.07) is 0. The predicted molar refractivity (Wildman–Crippen MR) is 52.9 cm³/mol. The van der Waals surface area contributed by atoms with E-state index in [0.29, 0.717) is 19.1 Å². The fourth-order valence-electron chi connectivity index (χ4n) is 2.22. The summed E-state index contributed by atoms with van der Waals surface area (Å²) in [6.07, 6.45) is 3.12. The molecule has 1 amide bonds. The summed E-state index contributed by atoms with van der Waals surface area (Å²) in [5.41, 5.74) is 5.62. The molecule has 1 aliphatic heterocycles.